The van der Waals surface area contributed by atoms with E-state index in [0.29, 0.717) is 12.1 Å². The first-order chi connectivity index (χ1) is 11.3. The second-order valence-electron chi connectivity index (χ2n) is 6.72. The summed E-state index contributed by atoms with van der Waals surface area (Å²) in [7, 11) is 1.94. The molecule has 2 unspecified atom stereocenters. The molecular formula is C17H20N6. The maximum absolute atomic E-state index is 4.49. The molecule has 0 amide bonds. The van der Waals surface area contributed by atoms with Crippen molar-refractivity contribution in [2.75, 3.05) is 18.0 Å². The maximum atomic E-state index is 4.49. The average Bonchev–Trinajstić information content (AvgIpc) is 3.25. The van der Waals surface area contributed by atoms with Gasteiger partial charge in [-0.05, 0) is 25.0 Å². The van der Waals surface area contributed by atoms with Crippen molar-refractivity contribution in [2.24, 2.45) is 7.05 Å². The highest BCUT2D eigenvalue weighted by atomic mass is 15.3. The molecule has 3 aromatic rings. The van der Waals surface area contributed by atoms with Gasteiger partial charge in [-0.15, -0.1) is 0 Å². The first kappa shape index (κ1) is 13.1. The normalized spacial score (nSPS) is 23.8. The van der Waals surface area contributed by atoms with E-state index in [0.717, 1.165) is 24.2 Å². The van der Waals surface area contributed by atoms with Crippen LogP contribution in [0.5, 0.6) is 0 Å². The van der Waals surface area contributed by atoms with Gasteiger partial charge in [-0.25, -0.2) is 4.52 Å². The number of anilines is 1. The number of hydrogen-bond acceptors (Lipinski definition) is 4. The van der Waals surface area contributed by atoms with E-state index in [9.17, 15) is 0 Å². The lowest BCUT2D eigenvalue weighted by Crippen LogP contribution is -2.51. The number of nitrogens with zero attached hydrogens (tertiary/aromatic N) is 5. The summed E-state index contributed by atoms with van der Waals surface area (Å²) in [5, 5.41) is 12.5. The zero-order valence-corrected chi connectivity index (χ0v) is 13.2. The van der Waals surface area contributed by atoms with Crippen LogP contribution in [-0.4, -0.2) is 44.6 Å². The first-order valence-electron chi connectivity index (χ1n) is 8.24. The van der Waals surface area contributed by atoms with E-state index >= 15 is 0 Å². The molecule has 2 fully saturated rings. The first-order valence-corrected chi connectivity index (χ1v) is 8.24. The van der Waals surface area contributed by atoms with Crippen LogP contribution in [0.4, 0.5) is 5.69 Å². The van der Waals surface area contributed by atoms with E-state index in [4.69, 9.17) is 0 Å². The summed E-state index contributed by atoms with van der Waals surface area (Å²) < 4.78 is 3.82. The molecule has 2 bridgehead atoms. The van der Waals surface area contributed by atoms with Gasteiger partial charge in [-0.2, -0.15) is 10.2 Å². The minimum Gasteiger partial charge on any atom is -0.367 e. The van der Waals surface area contributed by atoms with Crippen molar-refractivity contribution in [3.63, 3.8) is 0 Å². The molecule has 23 heavy (non-hydrogen) atoms. The van der Waals surface area contributed by atoms with Gasteiger partial charge in [0.2, 0.25) is 0 Å². The minimum absolute atomic E-state index is 0.634. The number of rotatable bonds is 2. The van der Waals surface area contributed by atoms with Crippen molar-refractivity contribution >= 4 is 11.2 Å². The van der Waals surface area contributed by atoms with Gasteiger partial charge in [0, 0.05) is 61.9 Å². The number of nitrogens with one attached hydrogen (secondary N) is 1. The Bertz CT molecular complexity index is 851. The smallest absolute Gasteiger partial charge is 0.0886 e. The lowest BCUT2D eigenvalue weighted by Gasteiger charge is -2.34. The van der Waals surface area contributed by atoms with E-state index in [2.05, 4.69) is 38.7 Å². The van der Waals surface area contributed by atoms with Crippen LogP contribution in [-0.2, 0) is 7.05 Å². The van der Waals surface area contributed by atoms with Crippen LogP contribution >= 0.6 is 0 Å². The standard InChI is InChI=1S/C17H20N6/c1-21-8-13(7-19-21)12-6-17-16(4-5-18-23(17)9-12)22-10-14-2-3-15(11-22)20-14/h4-9,14-15,20H,2-3,10-11H2,1H3. The van der Waals surface area contributed by atoms with Crippen molar-refractivity contribution < 1.29 is 0 Å². The predicted molar refractivity (Wildman–Crippen MR) is 89.6 cm³/mol. The Hall–Kier alpha value is -2.34. The van der Waals surface area contributed by atoms with E-state index in [-0.39, 0.29) is 0 Å². The molecule has 6 nitrogen and oxygen atoms in total. The van der Waals surface area contributed by atoms with Crippen LogP contribution in [0.2, 0.25) is 0 Å². The van der Waals surface area contributed by atoms with Crippen molar-refractivity contribution in [1.29, 1.82) is 0 Å². The van der Waals surface area contributed by atoms with Crippen LogP contribution in [0.1, 0.15) is 12.8 Å². The summed E-state index contributed by atoms with van der Waals surface area (Å²) >= 11 is 0. The largest absolute Gasteiger partial charge is 0.367 e. The molecule has 5 heterocycles. The average molecular weight is 308 g/mol. The molecule has 1 N–H and O–H groups in total. The van der Waals surface area contributed by atoms with Gasteiger partial charge in [-0.3, -0.25) is 4.68 Å². The van der Waals surface area contributed by atoms with E-state index in [1.54, 1.807) is 0 Å². The summed E-state index contributed by atoms with van der Waals surface area (Å²) in [5.74, 6) is 0. The Morgan fingerprint density at radius 2 is 1.91 bits per heavy atom. The zero-order valence-electron chi connectivity index (χ0n) is 13.2. The molecule has 5 rings (SSSR count). The Kier molecular flexibility index (Phi) is 2.76. The molecule has 6 heteroatoms. The van der Waals surface area contributed by atoms with Gasteiger partial charge in [0.1, 0.15) is 0 Å². The monoisotopic (exact) mass is 308 g/mol. The van der Waals surface area contributed by atoms with Crippen LogP contribution in [0.3, 0.4) is 0 Å². The van der Waals surface area contributed by atoms with Gasteiger partial charge in [-0.1, -0.05) is 0 Å². The number of aromatic nitrogens is 4. The minimum atomic E-state index is 0.634. The van der Waals surface area contributed by atoms with Crippen LogP contribution in [0.15, 0.2) is 36.9 Å². The lowest BCUT2D eigenvalue weighted by atomic mass is 10.2. The van der Waals surface area contributed by atoms with Crippen LogP contribution in [0.25, 0.3) is 16.6 Å². The van der Waals surface area contributed by atoms with Gasteiger partial charge < -0.3 is 10.2 Å². The maximum Gasteiger partial charge on any atom is 0.0886 e. The summed E-state index contributed by atoms with van der Waals surface area (Å²) in [6.07, 6.45) is 10.5. The SMILES string of the molecule is Cn1cc(-c2cc3c(N4CC5CCC(C4)N5)ccnn3c2)cn1. The van der Waals surface area contributed by atoms with Crippen LogP contribution < -0.4 is 10.2 Å². The lowest BCUT2D eigenvalue weighted by molar-refractivity contribution is 0.466. The molecule has 0 spiro atoms. The predicted octanol–water partition coefficient (Wildman–Crippen LogP) is 1.68. The van der Waals surface area contributed by atoms with Crippen molar-refractivity contribution in [1.82, 2.24) is 24.7 Å². The molecular weight excluding hydrogens is 288 g/mol. The van der Waals surface area contributed by atoms with Gasteiger partial charge in [0.15, 0.2) is 0 Å². The molecule has 2 atom stereocenters. The van der Waals surface area contributed by atoms with Gasteiger partial charge in [0.05, 0.1) is 17.4 Å². The zero-order chi connectivity index (χ0) is 15.4. The molecule has 118 valence electrons. The second-order valence-corrected chi connectivity index (χ2v) is 6.72. The molecule has 2 saturated heterocycles. The molecule has 2 aliphatic heterocycles. The van der Waals surface area contributed by atoms with Crippen molar-refractivity contribution in [3.05, 3.63) is 36.9 Å². The van der Waals surface area contributed by atoms with Crippen molar-refractivity contribution in [3.8, 4) is 11.1 Å². The Labute approximate surface area is 134 Å². The van der Waals surface area contributed by atoms with Crippen molar-refractivity contribution in [2.45, 2.75) is 24.9 Å². The van der Waals surface area contributed by atoms with E-state index in [1.165, 1.54) is 24.0 Å². The molecule has 0 aliphatic carbocycles. The van der Waals surface area contributed by atoms with Gasteiger partial charge >= 0.3 is 0 Å². The fraction of sp³-hybridized carbons (Fsp3) is 0.412. The molecule has 0 radical (unpaired) electrons. The molecule has 0 saturated carbocycles. The fourth-order valence-corrected chi connectivity index (χ4v) is 3.99. The molecule has 2 aliphatic rings. The number of piperazine rings is 1. The highest BCUT2D eigenvalue weighted by Gasteiger charge is 2.32. The molecule has 0 aromatic carbocycles. The third kappa shape index (κ3) is 2.13. The number of hydrogen-bond donors (Lipinski definition) is 1. The highest BCUT2D eigenvalue weighted by Crippen LogP contribution is 2.31. The highest BCUT2D eigenvalue weighted by molar-refractivity contribution is 5.79. The van der Waals surface area contributed by atoms with E-state index in [1.807, 2.05) is 34.8 Å². The Morgan fingerprint density at radius 1 is 1.09 bits per heavy atom. The molecule has 3 aromatic heterocycles. The Morgan fingerprint density at radius 3 is 2.65 bits per heavy atom. The van der Waals surface area contributed by atoms with Gasteiger partial charge in [0.25, 0.3) is 0 Å². The summed E-state index contributed by atoms with van der Waals surface area (Å²) in [6.45, 7) is 2.17. The quantitative estimate of drug-likeness (QED) is 0.782. The Balaban J connectivity index is 1.58. The fourth-order valence-electron chi connectivity index (χ4n) is 3.99. The topological polar surface area (TPSA) is 50.4 Å². The number of aryl methyl sites for hydroxylation is 1. The second kappa shape index (κ2) is 4.83. The third-order valence-electron chi connectivity index (χ3n) is 5.08. The number of fused-ring (bicyclic) bond motifs is 3. The van der Waals surface area contributed by atoms with E-state index < -0.39 is 0 Å². The summed E-state index contributed by atoms with van der Waals surface area (Å²) in [6, 6.07) is 5.64. The summed E-state index contributed by atoms with van der Waals surface area (Å²) in [5.41, 5.74) is 4.75. The summed E-state index contributed by atoms with van der Waals surface area (Å²) in [4.78, 5) is 2.52. The third-order valence-corrected chi connectivity index (χ3v) is 5.08. The van der Waals surface area contributed by atoms with Crippen LogP contribution in [0, 0.1) is 0 Å².